The van der Waals surface area contributed by atoms with Crippen molar-refractivity contribution in [2.45, 2.75) is 63.1 Å². The first-order valence-corrected chi connectivity index (χ1v) is 9.91. The van der Waals surface area contributed by atoms with Crippen LogP contribution in [0.1, 0.15) is 45.2 Å². The minimum atomic E-state index is -3.55. The second-order valence-corrected chi connectivity index (χ2v) is 8.74. The van der Waals surface area contributed by atoms with Gasteiger partial charge in [-0.05, 0) is 37.0 Å². The second kappa shape index (κ2) is 7.72. The number of aliphatic carboxylic acids is 1. The minimum Gasteiger partial charge on any atom is -0.507 e. The Balaban J connectivity index is 0.000000705. The van der Waals surface area contributed by atoms with Gasteiger partial charge in [-0.25, -0.2) is 8.42 Å². The van der Waals surface area contributed by atoms with E-state index < -0.39 is 21.4 Å². The van der Waals surface area contributed by atoms with Gasteiger partial charge in [0.25, 0.3) is 5.97 Å². The number of rotatable bonds is 3. The molecule has 2 rings (SSSR count). The van der Waals surface area contributed by atoms with Gasteiger partial charge in [0, 0.05) is 25.3 Å². The molecule has 0 amide bonds. The molecule has 0 fully saturated rings. The minimum absolute atomic E-state index is 0.0525. The number of hydrogen-bond donors (Lipinski definition) is 4. The Morgan fingerprint density at radius 1 is 1.36 bits per heavy atom. The number of hydrogen-bond acceptors (Lipinski definition) is 6. The Labute approximate surface area is 148 Å². The van der Waals surface area contributed by atoms with Gasteiger partial charge in [0.15, 0.2) is 9.84 Å². The molecule has 1 aromatic rings. The average Bonchev–Trinajstić information content (AvgIpc) is 2.39. The molecule has 0 radical (unpaired) electrons. The van der Waals surface area contributed by atoms with Crippen LogP contribution in [0.5, 0.6) is 5.75 Å². The number of nitrogens with one attached hydrogen (secondary N) is 1. The van der Waals surface area contributed by atoms with Gasteiger partial charge in [-0.3, -0.25) is 4.79 Å². The van der Waals surface area contributed by atoms with Crippen LogP contribution in [0.25, 0.3) is 0 Å². The number of benzene rings is 1. The first-order valence-electron chi connectivity index (χ1n) is 8.01. The third-order valence-electron chi connectivity index (χ3n) is 4.05. The maximum atomic E-state index is 11.9. The van der Waals surface area contributed by atoms with Crippen molar-refractivity contribution < 1.29 is 28.5 Å². The van der Waals surface area contributed by atoms with Crippen LogP contribution in [0.15, 0.2) is 17.0 Å². The van der Waals surface area contributed by atoms with E-state index in [1.807, 2.05) is 13.8 Å². The van der Waals surface area contributed by atoms with Gasteiger partial charge >= 0.3 is 0 Å². The quantitative estimate of drug-likeness (QED) is 0.631. The summed E-state index contributed by atoms with van der Waals surface area (Å²) in [5.74, 6) is -1.08. The predicted octanol–water partition coefficient (Wildman–Crippen LogP) is 1.41. The Morgan fingerprint density at radius 2 is 1.88 bits per heavy atom. The van der Waals surface area contributed by atoms with E-state index in [2.05, 4.69) is 5.32 Å². The summed E-state index contributed by atoms with van der Waals surface area (Å²) in [6.07, 6.45) is 2.20. The van der Waals surface area contributed by atoms with Crippen molar-refractivity contribution in [2.24, 2.45) is 0 Å². The normalized spacial score (nSPS) is 22.8. The van der Waals surface area contributed by atoms with Crippen molar-refractivity contribution in [2.75, 3.05) is 6.26 Å². The largest absolute Gasteiger partial charge is 0.507 e. The van der Waals surface area contributed by atoms with E-state index in [1.54, 1.807) is 13.0 Å². The highest BCUT2D eigenvalue weighted by Crippen LogP contribution is 2.41. The molecule has 0 spiro atoms. The highest BCUT2D eigenvalue weighted by molar-refractivity contribution is 7.90. The molecule has 1 aliphatic rings. The molecule has 1 aromatic carbocycles. The third kappa shape index (κ3) is 5.17. The van der Waals surface area contributed by atoms with Crippen LogP contribution in [0.2, 0.25) is 0 Å². The molecular formula is C17H27NO6S. The molecule has 0 bridgehead atoms. The van der Waals surface area contributed by atoms with Gasteiger partial charge in [-0.15, -0.1) is 0 Å². The third-order valence-corrected chi connectivity index (χ3v) is 5.25. The SMILES string of the molecule is CC(=O)O.CC(C)NC1CCc2c(ccc(O)c2S(C)(=O)=O)C1(C)O. The number of aromatic hydroxyl groups is 1. The number of carbonyl (C=O) groups is 1. The summed E-state index contributed by atoms with van der Waals surface area (Å²) in [6, 6.07) is 3.03. The summed E-state index contributed by atoms with van der Waals surface area (Å²) < 4.78 is 23.9. The van der Waals surface area contributed by atoms with Crippen molar-refractivity contribution in [3.05, 3.63) is 23.3 Å². The number of sulfone groups is 1. The van der Waals surface area contributed by atoms with E-state index in [0.29, 0.717) is 24.0 Å². The van der Waals surface area contributed by atoms with Gasteiger partial charge in [-0.2, -0.15) is 0 Å². The molecule has 2 atom stereocenters. The van der Waals surface area contributed by atoms with Gasteiger partial charge in [0.05, 0.1) is 0 Å². The van der Waals surface area contributed by atoms with Gasteiger partial charge in [-0.1, -0.05) is 19.9 Å². The summed E-state index contributed by atoms with van der Waals surface area (Å²) in [7, 11) is -3.55. The van der Waals surface area contributed by atoms with E-state index in [-0.39, 0.29) is 22.7 Å². The van der Waals surface area contributed by atoms with Crippen LogP contribution in [-0.2, 0) is 26.7 Å². The first-order chi connectivity index (χ1) is 11.3. The van der Waals surface area contributed by atoms with Crippen molar-refractivity contribution >= 4 is 15.8 Å². The molecule has 4 N–H and O–H groups in total. The molecular weight excluding hydrogens is 346 g/mol. The van der Waals surface area contributed by atoms with Gasteiger partial charge in [0.1, 0.15) is 16.2 Å². The van der Waals surface area contributed by atoms with Crippen molar-refractivity contribution in [1.29, 1.82) is 0 Å². The lowest BCUT2D eigenvalue weighted by atomic mass is 9.76. The maximum absolute atomic E-state index is 11.9. The van der Waals surface area contributed by atoms with Crippen LogP contribution in [-0.4, -0.2) is 48.0 Å². The van der Waals surface area contributed by atoms with Crippen LogP contribution >= 0.6 is 0 Å². The lowest BCUT2D eigenvalue weighted by molar-refractivity contribution is -0.134. The first kappa shape index (κ1) is 21.4. The second-order valence-electron chi connectivity index (χ2n) is 6.79. The standard InChI is InChI=1S/C15H23NO4S.C2H4O2/c1-9(2)16-13-8-5-10-11(15(13,3)18)6-7-12(17)14(10)21(4,19)20;1-2(3)4/h6-7,9,13,16-18H,5,8H2,1-4H3;1H3,(H,3,4). The van der Waals surface area contributed by atoms with Crippen molar-refractivity contribution in [1.82, 2.24) is 5.32 Å². The fourth-order valence-corrected chi connectivity index (χ4v) is 4.26. The van der Waals surface area contributed by atoms with E-state index >= 15 is 0 Å². The number of carboxylic acids is 1. The molecule has 2 unspecified atom stereocenters. The van der Waals surface area contributed by atoms with E-state index in [4.69, 9.17) is 9.90 Å². The lowest BCUT2D eigenvalue weighted by Crippen LogP contribution is -2.52. The average molecular weight is 373 g/mol. The smallest absolute Gasteiger partial charge is 0.300 e. The Hall–Kier alpha value is -1.64. The Kier molecular flexibility index (Phi) is 6.61. The van der Waals surface area contributed by atoms with Crippen molar-refractivity contribution in [3.8, 4) is 5.75 Å². The Bertz CT molecular complexity index is 736. The maximum Gasteiger partial charge on any atom is 0.300 e. The number of phenolic OH excluding ortho intramolecular Hbond substituents is 1. The molecule has 25 heavy (non-hydrogen) atoms. The Morgan fingerprint density at radius 3 is 2.32 bits per heavy atom. The molecule has 0 saturated carbocycles. The monoisotopic (exact) mass is 373 g/mol. The van der Waals surface area contributed by atoms with Crippen molar-refractivity contribution in [3.63, 3.8) is 0 Å². The van der Waals surface area contributed by atoms with E-state index in [1.165, 1.54) is 6.07 Å². The summed E-state index contributed by atoms with van der Waals surface area (Å²) in [5.41, 5.74) is -0.0696. The summed E-state index contributed by atoms with van der Waals surface area (Å²) in [6.45, 7) is 6.78. The van der Waals surface area contributed by atoms with E-state index in [0.717, 1.165) is 13.2 Å². The fourth-order valence-electron chi connectivity index (χ4n) is 3.16. The molecule has 142 valence electrons. The molecule has 0 aromatic heterocycles. The van der Waals surface area contributed by atoms with Crippen LogP contribution < -0.4 is 5.32 Å². The van der Waals surface area contributed by atoms with Crippen LogP contribution in [0.3, 0.4) is 0 Å². The lowest BCUT2D eigenvalue weighted by Gasteiger charge is -2.41. The molecule has 0 aliphatic heterocycles. The molecule has 8 heteroatoms. The summed E-state index contributed by atoms with van der Waals surface area (Å²) in [5, 5.41) is 31.5. The van der Waals surface area contributed by atoms with E-state index in [9.17, 15) is 18.6 Å². The number of fused-ring (bicyclic) bond motifs is 1. The number of phenols is 1. The summed E-state index contributed by atoms with van der Waals surface area (Å²) in [4.78, 5) is 8.95. The van der Waals surface area contributed by atoms with Crippen LogP contribution in [0.4, 0.5) is 0 Å². The number of carboxylic acid groups (broad SMARTS) is 1. The fraction of sp³-hybridized carbons (Fsp3) is 0.588. The molecule has 7 nitrogen and oxygen atoms in total. The zero-order valence-corrected chi connectivity index (χ0v) is 16.0. The summed E-state index contributed by atoms with van der Waals surface area (Å²) >= 11 is 0. The molecule has 1 aliphatic carbocycles. The molecule has 0 saturated heterocycles. The zero-order valence-electron chi connectivity index (χ0n) is 15.2. The topological polar surface area (TPSA) is 124 Å². The van der Waals surface area contributed by atoms with Gasteiger partial charge < -0.3 is 20.6 Å². The zero-order chi connectivity index (χ0) is 19.6. The highest BCUT2D eigenvalue weighted by atomic mass is 32.2. The predicted molar refractivity (Wildman–Crippen MR) is 94.5 cm³/mol. The van der Waals surface area contributed by atoms with Gasteiger partial charge in [0.2, 0.25) is 0 Å². The van der Waals surface area contributed by atoms with Crippen LogP contribution in [0, 0.1) is 0 Å². The highest BCUT2D eigenvalue weighted by Gasteiger charge is 2.41. The molecule has 0 heterocycles. The number of aliphatic hydroxyl groups is 1.